The van der Waals surface area contributed by atoms with Crippen LogP contribution in [0.1, 0.15) is 84.6 Å². The summed E-state index contributed by atoms with van der Waals surface area (Å²) in [5, 5.41) is 0. The number of benzene rings is 1. The van der Waals surface area contributed by atoms with E-state index >= 15 is 0 Å². The Kier molecular flexibility index (Phi) is 6.69. The highest BCUT2D eigenvalue weighted by Crippen LogP contribution is 2.46. The van der Waals surface area contributed by atoms with E-state index in [1.807, 2.05) is 13.8 Å². The molecule has 0 aliphatic heterocycles. The molecule has 0 spiro atoms. The van der Waals surface area contributed by atoms with E-state index in [1.165, 1.54) is 31.2 Å². The minimum Gasteiger partial charge on any atom is -0.364 e. The van der Waals surface area contributed by atoms with E-state index in [0.717, 1.165) is 12.8 Å². The van der Waals surface area contributed by atoms with Crippen molar-refractivity contribution in [3.05, 3.63) is 48.0 Å². The molecule has 3 rings (SSSR count). The summed E-state index contributed by atoms with van der Waals surface area (Å²) in [4.78, 5) is 0. The topological polar surface area (TPSA) is 9.23 Å². The van der Waals surface area contributed by atoms with Crippen LogP contribution in [0, 0.1) is 5.92 Å². The molecule has 24 heavy (non-hydrogen) atoms. The van der Waals surface area contributed by atoms with Gasteiger partial charge in [0.2, 0.25) is 0 Å². The minimum atomic E-state index is -0.0599. The number of ether oxygens (including phenoxy) is 1. The largest absolute Gasteiger partial charge is 0.364 e. The quantitative estimate of drug-likeness (QED) is 0.547. The average molecular weight is 329 g/mol. The van der Waals surface area contributed by atoms with Crippen molar-refractivity contribution in [1.29, 1.82) is 0 Å². The van der Waals surface area contributed by atoms with Crippen molar-refractivity contribution in [3.8, 4) is 0 Å². The van der Waals surface area contributed by atoms with Gasteiger partial charge in [0.05, 0.1) is 11.2 Å². The first kappa shape index (κ1) is 19.2. The van der Waals surface area contributed by atoms with Crippen LogP contribution in [0.2, 0.25) is 0 Å². The van der Waals surface area contributed by atoms with Crippen molar-refractivity contribution in [3.63, 3.8) is 0 Å². The summed E-state index contributed by atoms with van der Waals surface area (Å²) in [6.45, 7) is 10.9. The maximum absolute atomic E-state index is 6.79. The third-order valence-corrected chi connectivity index (χ3v) is 6.17. The maximum atomic E-state index is 6.79. The predicted octanol–water partition coefficient (Wildman–Crippen LogP) is 6.89. The molecule has 0 N–H and O–H groups in total. The molecule has 0 bridgehead atoms. The predicted molar refractivity (Wildman–Crippen MR) is 104 cm³/mol. The summed E-state index contributed by atoms with van der Waals surface area (Å²) in [7, 11) is 0. The van der Waals surface area contributed by atoms with Gasteiger partial charge in [-0.2, -0.15) is 0 Å². The molecule has 0 radical (unpaired) electrons. The van der Waals surface area contributed by atoms with Crippen molar-refractivity contribution >= 4 is 0 Å². The SMILES string of the molecule is CC.CCC1(OC2(C)C=CCC2C)CCC(c2ccccc2)CC1. The van der Waals surface area contributed by atoms with Crippen LogP contribution in [0.5, 0.6) is 0 Å². The van der Waals surface area contributed by atoms with Crippen LogP contribution in [0.25, 0.3) is 0 Å². The summed E-state index contributed by atoms with van der Waals surface area (Å²) in [5.74, 6) is 1.32. The van der Waals surface area contributed by atoms with Crippen LogP contribution < -0.4 is 0 Å². The fourth-order valence-electron chi connectivity index (χ4n) is 4.24. The lowest BCUT2D eigenvalue weighted by Crippen LogP contribution is -2.45. The summed E-state index contributed by atoms with van der Waals surface area (Å²) in [5.41, 5.74) is 1.53. The second-order valence-corrected chi connectivity index (χ2v) is 7.55. The number of allylic oxidation sites excluding steroid dienone is 1. The van der Waals surface area contributed by atoms with E-state index in [-0.39, 0.29) is 11.2 Å². The Hall–Kier alpha value is -1.08. The van der Waals surface area contributed by atoms with E-state index in [0.29, 0.717) is 11.8 Å². The Morgan fingerprint density at radius 3 is 2.21 bits per heavy atom. The third-order valence-electron chi connectivity index (χ3n) is 6.17. The van der Waals surface area contributed by atoms with Crippen LogP contribution in [-0.4, -0.2) is 11.2 Å². The standard InChI is InChI=1S/C21H30O.C2H6/c1-4-21(22-20(3)14-8-9-17(20)2)15-12-19(13-16-21)18-10-6-5-7-11-18;1-2/h5-8,10-11,14,17,19H,4,9,12-13,15-16H2,1-3H3;1-2H3. The van der Waals surface area contributed by atoms with E-state index in [4.69, 9.17) is 4.74 Å². The third kappa shape index (κ3) is 4.11. The van der Waals surface area contributed by atoms with Gasteiger partial charge in [0.25, 0.3) is 0 Å². The van der Waals surface area contributed by atoms with Crippen LogP contribution >= 0.6 is 0 Å². The number of hydrogen-bond acceptors (Lipinski definition) is 1. The van der Waals surface area contributed by atoms with Gasteiger partial charge >= 0.3 is 0 Å². The Bertz CT molecular complexity index is 510. The van der Waals surface area contributed by atoms with E-state index in [9.17, 15) is 0 Å². The van der Waals surface area contributed by atoms with E-state index in [1.54, 1.807) is 0 Å². The molecule has 134 valence electrons. The molecule has 0 amide bonds. The maximum Gasteiger partial charge on any atom is 0.0870 e. The zero-order chi connectivity index (χ0) is 17.6. The highest BCUT2D eigenvalue weighted by molar-refractivity contribution is 5.20. The second kappa shape index (κ2) is 8.34. The van der Waals surface area contributed by atoms with Gasteiger partial charge in [-0.15, -0.1) is 0 Å². The van der Waals surface area contributed by atoms with Gasteiger partial charge in [-0.1, -0.05) is 70.2 Å². The molecule has 2 unspecified atom stereocenters. The van der Waals surface area contributed by atoms with Gasteiger partial charge < -0.3 is 4.74 Å². The monoisotopic (exact) mass is 328 g/mol. The van der Waals surface area contributed by atoms with Crippen molar-refractivity contribution < 1.29 is 4.74 Å². The van der Waals surface area contributed by atoms with Crippen molar-refractivity contribution in [2.24, 2.45) is 5.92 Å². The molecule has 1 heteroatoms. The Morgan fingerprint density at radius 1 is 1.08 bits per heavy atom. The number of hydrogen-bond donors (Lipinski definition) is 0. The minimum absolute atomic E-state index is 0.0599. The highest BCUT2D eigenvalue weighted by atomic mass is 16.5. The van der Waals surface area contributed by atoms with E-state index < -0.39 is 0 Å². The molecule has 2 atom stereocenters. The average Bonchev–Trinajstić information content (AvgIpc) is 2.96. The van der Waals surface area contributed by atoms with Gasteiger partial charge in [-0.05, 0) is 62.8 Å². The molecule has 0 saturated heterocycles. The number of rotatable bonds is 4. The zero-order valence-corrected chi connectivity index (χ0v) is 16.3. The Balaban J connectivity index is 0.00000100. The van der Waals surface area contributed by atoms with Gasteiger partial charge in [-0.3, -0.25) is 0 Å². The molecule has 1 nitrogen and oxygen atoms in total. The van der Waals surface area contributed by atoms with Crippen LogP contribution in [0.3, 0.4) is 0 Å². The lowest BCUT2D eigenvalue weighted by Gasteiger charge is -2.46. The molecular weight excluding hydrogens is 292 g/mol. The first-order chi connectivity index (χ1) is 11.6. The van der Waals surface area contributed by atoms with Gasteiger partial charge in [0, 0.05) is 0 Å². The van der Waals surface area contributed by atoms with E-state index in [2.05, 4.69) is 63.3 Å². The molecular formula is C23H36O. The fraction of sp³-hybridized carbons (Fsp3) is 0.652. The first-order valence-electron chi connectivity index (χ1n) is 10.00. The van der Waals surface area contributed by atoms with Gasteiger partial charge in [0.15, 0.2) is 0 Å². The molecule has 1 fully saturated rings. The van der Waals surface area contributed by atoms with Crippen LogP contribution in [0.15, 0.2) is 42.5 Å². The molecule has 0 aromatic heterocycles. The van der Waals surface area contributed by atoms with Crippen molar-refractivity contribution in [1.82, 2.24) is 0 Å². The summed E-state index contributed by atoms with van der Waals surface area (Å²) in [6.07, 6.45) is 11.8. The summed E-state index contributed by atoms with van der Waals surface area (Å²) in [6, 6.07) is 11.0. The fourth-order valence-corrected chi connectivity index (χ4v) is 4.24. The van der Waals surface area contributed by atoms with Gasteiger partial charge in [0.1, 0.15) is 0 Å². The Labute approximate surface area is 149 Å². The lowest BCUT2D eigenvalue weighted by atomic mass is 9.74. The van der Waals surface area contributed by atoms with Crippen LogP contribution in [-0.2, 0) is 4.74 Å². The normalized spacial score (nSPS) is 35.4. The lowest BCUT2D eigenvalue weighted by molar-refractivity contribution is -0.161. The smallest absolute Gasteiger partial charge is 0.0870 e. The Morgan fingerprint density at radius 2 is 1.71 bits per heavy atom. The molecule has 0 heterocycles. The summed E-state index contributed by atoms with van der Waals surface area (Å²) >= 11 is 0. The molecule has 2 aliphatic rings. The van der Waals surface area contributed by atoms with Crippen molar-refractivity contribution in [2.75, 3.05) is 0 Å². The molecule has 1 aromatic rings. The highest BCUT2D eigenvalue weighted by Gasteiger charge is 2.43. The summed E-state index contributed by atoms with van der Waals surface area (Å²) < 4.78 is 6.79. The molecule has 1 saturated carbocycles. The van der Waals surface area contributed by atoms with Gasteiger partial charge in [-0.25, -0.2) is 0 Å². The second-order valence-electron chi connectivity index (χ2n) is 7.55. The first-order valence-corrected chi connectivity index (χ1v) is 10.00. The van der Waals surface area contributed by atoms with Crippen LogP contribution in [0.4, 0.5) is 0 Å². The molecule has 2 aliphatic carbocycles. The zero-order valence-electron chi connectivity index (χ0n) is 16.3. The van der Waals surface area contributed by atoms with Crippen molar-refractivity contribution in [2.45, 2.75) is 90.3 Å². The molecule has 1 aromatic carbocycles.